The summed E-state index contributed by atoms with van der Waals surface area (Å²) in [6, 6.07) is 6.27. The molecule has 17 heavy (non-hydrogen) atoms. The van der Waals surface area contributed by atoms with E-state index in [4.69, 9.17) is 0 Å². The van der Waals surface area contributed by atoms with Crippen LogP contribution in [0.15, 0.2) is 18.2 Å². The van der Waals surface area contributed by atoms with Gasteiger partial charge < -0.3 is 4.90 Å². The molecule has 2 heteroatoms. The van der Waals surface area contributed by atoms with Gasteiger partial charge in [-0.2, -0.15) is 0 Å². The van der Waals surface area contributed by atoms with E-state index in [1.165, 1.54) is 24.0 Å². The van der Waals surface area contributed by atoms with E-state index in [-0.39, 0.29) is 0 Å². The molecule has 90 valence electrons. The van der Waals surface area contributed by atoms with Crippen molar-refractivity contribution < 1.29 is 4.79 Å². The fourth-order valence-corrected chi connectivity index (χ4v) is 3.54. The van der Waals surface area contributed by atoms with Gasteiger partial charge in [0.1, 0.15) is 0 Å². The van der Waals surface area contributed by atoms with Crippen LogP contribution in [0.3, 0.4) is 0 Å². The van der Waals surface area contributed by atoms with Crippen molar-refractivity contribution >= 4 is 11.6 Å². The van der Waals surface area contributed by atoms with Gasteiger partial charge in [0.25, 0.3) is 0 Å². The van der Waals surface area contributed by atoms with Gasteiger partial charge in [0.2, 0.25) is 5.91 Å². The molecule has 3 rings (SSSR count). The maximum Gasteiger partial charge on any atom is 0.230 e. The predicted octanol–water partition coefficient (Wildman–Crippen LogP) is 3.07. The van der Waals surface area contributed by atoms with Gasteiger partial charge in [-0.3, -0.25) is 4.79 Å². The molecule has 1 aromatic carbocycles. The van der Waals surface area contributed by atoms with Gasteiger partial charge in [-0.05, 0) is 43.7 Å². The van der Waals surface area contributed by atoms with Crippen molar-refractivity contribution in [1.82, 2.24) is 0 Å². The molecule has 2 fully saturated rings. The lowest BCUT2D eigenvalue weighted by molar-refractivity contribution is -0.120. The summed E-state index contributed by atoms with van der Waals surface area (Å²) in [4.78, 5) is 14.5. The standard InChI is InChI=1S/C15H19NO/c1-10-5-3-6-11(2)14(10)16-9-12-7-4-8-13(12)15(16)17/h3,5-6,12-13H,4,7-9H2,1-2H3. The molecule has 1 aliphatic carbocycles. The number of nitrogens with zero attached hydrogens (tertiary/aromatic N) is 1. The number of carbonyl (C=O) groups is 1. The second kappa shape index (κ2) is 3.86. The molecular formula is C15H19NO. The summed E-state index contributed by atoms with van der Waals surface area (Å²) < 4.78 is 0. The van der Waals surface area contributed by atoms with Gasteiger partial charge in [-0.15, -0.1) is 0 Å². The first-order valence-electron chi connectivity index (χ1n) is 6.56. The Morgan fingerprint density at radius 3 is 2.53 bits per heavy atom. The van der Waals surface area contributed by atoms with Gasteiger partial charge in [0.15, 0.2) is 0 Å². The van der Waals surface area contributed by atoms with Crippen molar-refractivity contribution in [3.63, 3.8) is 0 Å². The highest BCUT2D eigenvalue weighted by Crippen LogP contribution is 2.41. The SMILES string of the molecule is Cc1cccc(C)c1N1CC2CCCC2C1=O. The van der Waals surface area contributed by atoms with Crippen LogP contribution in [0.1, 0.15) is 30.4 Å². The summed E-state index contributed by atoms with van der Waals surface area (Å²) in [5, 5.41) is 0. The number of amides is 1. The lowest BCUT2D eigenvalue weighted by Gasteiger charge is -2.22. The molecule has 0 radical (unpaired) electrons. The van der Waals surface area contributed by atoms with Crippen LogP contribution in [0.5, 0.6) is 0 Å². The zero-order chi connectivity index (χ0) is 12.0. The quantitative estimate of drug-likeness (QED) is 0.724. The molecule has 0 N–H and O–H groups in total. The Morgan fingerprint density at radius 2 is 1.88 bits per heavy atom. The Bertz CT molecular complexity index is 446. The molecule has 1 heterocycles. The molecule has 1 saturated heterocycles. The summed E-state index contributed by atoms with van der Waals surface area (Å²) in [6.07, 6.45) is 3.57. The number of benzene rings is 1. The van der Waals surface area contributed by atoms with E-state index in [2.05, 4.69) is 32.0 Å². The number of carbonyl (C=O) groups excluding carboxylic acids is 1. The first kappa shape index (κ1) is 10.8. The van der Waals surface area contributed by atoms with Crippen LogP contribution in [-0.2, 0) is 4.79 Å². The molecule has 0 aromatic heterocycles. The minimum Gasteiger partial charge on any atom is -0.311 e. The van der Waals surface area contributed by atoms with Crippen LogP contribution in [0.25, 0.3) is 0 Å². The highest BCUT2D eigenvalue weighted by molar-refractivity contribution is 5.99. The van der Waals surface area contributed by atoms with E-state index in [1.54, 1.807) is 0 Å². The number of aryl methyl sites for hydroxylation is 2. The Morgan fingerprint density at radius 1 is 1.18 bits per heavy atom. The maximum atomic E-state index is 12.4. The number of para-hydroxylation sites is 1. The minimum atomic E-state index is 0.314. The van der Waals surface area contributed by atoms with Crippen LogP contribution in [-0.4, -0.2) is 12.5 Å². The fraction of sp³-hybridized carbons (Fsp3) is 0.533. The first-order valence-corrected chi connectivity index (χ1v) is 6.56. The zero-order valence-corrected chi connectivity index (χ0v) is 10.6. The van der Waals surface area contributed by atoms with Gasteiger partial charge in [-0.25, -0.2) is 0 Å². The summed E-state index contributed by atoms with van der Waals surface area (Å²) >= 11 is 0. The molecule has 2 atom stereocenters. The van der Waals surface area contributed by atoms with Crippen molar-refractivity contribution in [2.45, 2.75) is 33.1 Å². The number of hydrogen-bond donors (Lipinski definition) is 0. The van der Waals surface area contributed by atoms with E-state index in [9.17, 15) is 4.79 Å². The topological polar surface area (TPSA) is 20.3 Å². The van der Waals surface area contributed by atoms with Crippen LogP contribution < -0.4 is 4.90 Å². The second-order valence-corrected chi connectivity index (χ2v) is 5.49. The van der Waals surface area contributed by atoms with Crippen molar-refractivity contribution in [3.8, 4) is 0 Å². The van der Waals surface area contributed by atoms with E-state index in [1.807, 2.05) is 4.90 Å². The average molecular weight is 229 g/mol. The fourth-order valence-electron chi connectivity index (χ4n) is 3.54. The van der Waals surface area contributed by atoms with Crippen LogP contribution >= 0.6 is 0 Å². The summed E-state index contributed by atoms with van der Waals surface area (Å²) in [5.74, 6) is 1.29. The zero-order valence-electron chi connectivity index (χ0n) is 10.6. The number of rotatable bonds is 1. The molecule has 2 unspecified atom stereocenters. The van der Waals surface area contributed by atoms with E-state index in [0.29, 0.717) is 17.7 Å². The number of hydrogen-bond acceptors (Lipinski definition) is 1. The summed E-state index contributed by atoms with van der Waals surface area (Å²) in [7, 11) is 0. The average Bonchev–Trinajstić information content (AvgIpc) is 2.84. The number of anilines is 1. The lowest BCUT2D eigenvalue weighted by Crippen LogP contribution is -2.28. The normalized spacial score (nSPS) is 27.6. The Hall–Kier alpha value is -1.31. The molecule has 0 bridgehead atoms. The van der Waals surface area contributed by atoms with Gasteiger partial charge >= 0.3 is 0 Å². The Labute approximate surface area is 103 Å². The van der Waals surface area contributed by atoms with Gasteiger partial charge in [0, 0.05) is 18.2 Å². The molecule has 1 aromatic rings. The highest BCUT2D eigenvalue weighted by Gasteiger charge is 2.43. The molecule has 2 aliphatic rings. The van der Waals surface area contributed by atoms with Crippen molar-refractivity contribution in [1.29, 1.82) is 0 Å². The summed E-state index contributed by atoms with van der Waals surface area (Å²) in [5.41, 5.74) is 3.60. The first-order chi connectivity index (χ1) is 8.18. The Balaban J connectivity index is 1.98. The molecule has 1 saturated carbocycles. The highest BCUT2D eigenvalue weighted by atomic mass is 16.2. The second-order valence-electron chi connectivity index (χ2n) is 5.49. The largest absolute Gasteiger partial charge is 0.311 e. The van der Waals surface area contributed by atoms with Crippen molar-refractivity contribution in [2.75, 3.05) is 11.4 Å². The molecule has 1 amide bonds. The minimum absolute atomic E-state index is 0.314. The molecular weight excluding hydrogens is 210 g/mol. The van der Waals surface area contributed by atoms with Gasteiger partial charge in [0.05, 0.1) is 0 Å². The Kier molecular flexibility index (Phi) is 2.46. The van der Waals surface area contributed by atoms with Crippen molar-refractivity contribution in [3.05, 3.63) is 29.3 Å². The third-order valence-corrected chi connectivity index (χ3v) is 4.37. The number of fused-ring (bicyclic) bond motifs is 1. The smallest absolute Gasteiger partial charge is 0.230 e. The predicted molar refractivity (Wildman–Crippen MR) is 69.1 cm³/mol. The molecule has 0 spiro atoms. The van der Waals surface area contributed by atoms with E-state index < -0.39 is 0 Å². The van der Waals surface area contributed by atoms with Crippen LogP contribution in [0.4, 0.5) is 5.69 Å². The van der Waals surface area contributed by atoms with Crippen molar-refractivity contribution in [2.24, 2.45) is 11.8 Å². The third kappa shape index (κ3) is 1.58. The third-order valence-electron chi connectivity index (χ3n) is 4.37. The molecule has 1 aliphatic heterocycles. The monoisotopic (exact) mass is 229 g/mol. The maximum absolute atomic E-state index is 12.4. The summed E-state index contributed by atoms with van der Waals surface area (Å²) in [6.45, 7) is 5.14. The van der Waals surface area contributed by atoms with Crippen LogP contribution in [0.2, 0.25) is 0 Å². The van der Waals surface area contributed by atoms with E-state index >= 15 is 0 Å². The van der Waals surface area contributed by atoms with Gasteiger partial charge in [-0.1, -0.05) is 24.6 Å². The lowest BCUT2D eigenvalue weighted by atomic mass is 10.0. The van der Waals surface area contributed by atoms with E-state index in [0.717, 1.165) is 18.7 Å². The molecule has 2 nitrogen and oxygen atoms in total. The van der Waals surface area contributed by atoms with Crippen LogP contribution in [0, 0.1) is 25.7 Å².